The first-order valence-electron chi connectivity index (χ1n) is 6.56. The van der Waals surface area contributed by atoms with Crippen LogP contribution in [-0.2, 0) is 6.54 Å². The first-order valence-corrected chi connectivity index (χ1v) is 6.56. The molecule has 0 saturated heterocycles. The number of anilines is 1. The second kappa shape index (κ2) is 6.26. The van der Waals surface area contributed by atoms with Crippen LogP contribution in [0.2, 0.25) is 0 Å². The fraction of sp³-hybridized carbons (Fsp3) is 0.188. The molecule has 2 aromatic carbocycles. The van der Waals surface area contributed by atoms with E-state index in [0.717, 1.165) is 11.3 Å². The summed E-state index contributed by atoms with van der Waals surface area (Å²) in [6, 6.07) is 12.3. The molecule has 0 fully saturated rings. The molecule has 0 aromatic heterocycles. The fourth-order valence-electron chi connectivity index (χ4n) is 2.20. The zero-order chi connectivity index (χ0) is 15.4. The lowest BCUT2D eigenvalue weighted by molar-refractivity contribution is 0.318. The van der Waals surface area contributed by atoms with E-state index in [1.165, 1.54) is 6.07 Å². The van der Waals surface area contributed by atoms with Crippen molar-refractivity contribution in [2.45, 2.75) is 13.5 Å². The van der Waals surface area contributed by atoms with E-state index in [0.29, 0.717) is 17.7 Å². The lowest BCUT2D eigenvalue weighted by Crippen LogP contribution is -2.19. The van der Waals surface area contributed by atoms with Gasteiger partial charge in [0.2, 0.25) is 0 Å². The van der Waals surface area contributed by atoms with Crippen molar-refractivity contribution in [3.05, 3.63) is 65.0 Å². The van der Waals surface area contributed by atoms with E-state index in [4.69, 9.17) is 10.9 Å². The average molecular weight is 287 g/mol. The number of nitrogens with two attached hydrogens (primary N) is 1. The predicted octanol–water partition coefficient (Wildman–Crippen LogP) is 2.87. The van der Waals surface area contributed by atoms with Crippen LogP contribution in [-0.4, -0.2) is 18.1 Å². The van der Waals surface area contributed by atoms with Gasteiger partial charge in [0.25, 0.3) is 0 Å². The molecule has 0 saturated carbocycles. The van der Waals surface area contributed by atoms with Crippen molar-refractivity contribution in [3.8, 4) is 0 Å². The summed E-state index contributed by atoms with van der Waals surface area (Å²) in [5.74, 6) is -0.134. The Morgan fingerprint density at radius 2 is 2.00 bits per heavy atom. The smallest absolute Gasteiger partial charge is 0.170 e. The fourth-order valence-corrected chi connectivity index (χ4v) is 2.20. The average Bonchev–Trinajstić information content (AvgIpc) is 2.48. The Hall–Kier alpha value is -2.56. The Morgan fingerprint density at radius 3 is 2.62 bits per heavy atom. The second-order valence-corrected chi connectivity index (χ2v) is 4.93. The van der Waals surface area contributed by atoms with Gasteiger partial charge in [-0.25, -0.2) is 4.39 Å². The molecule has 0 aliphatic heterocycles. The molecule has 4 nitrogen and oxygen atoms in total. The maximum atomic E-state index is 13.7. The predicted molar refractivity (Wildman–Crippen MR) is 82.2 cm³/mol. The molecule has 0 amide bonds. The number of halogens is 1. The number of rotatable bonds is 4. The summed E-state index contributed by atoms with van der Waals surface area (Å²) in [4.78, 5) is 1.95. The van der Waals surface area contributed by atoms with Gasteiger partial charge in [0.1, 0.15) is 5.82 Å². The van der Waals surface area contributed by atoms with Crippen LogP contribution in [0.1, 0.15) is 16.7 Å². The Bertz CT molecular complexity index is 670. The molecular formula is C16H18FN3O. The van der Waals surface area contributed by atoms with Gasteiger partial charge in [0.05, 0.1) is 0 Å². The molecule has 0 bridgehead atoms. The third-order valence-electron chi connectivity index (χ3n) is 3.40. The third kappa shape index (κ3) is 3.31. The largest absolute Gasteiger partial charge is 0.409 e. The molecule has 21 heavy (non-hydrogen) atoms. The molecule has 2 rings (SSSR count). The highest BCUT2D eigenvalue weighted by Crippen LogP contribution is 2.20. The number of oxime groups is 1. The number of hydrogen-bond acceptors (Lipinski definition) is 3. The van der Waals surface area contributed by atoms with Crippen LogP contribution < -0.4 is 10.6 Å². The van der Waals surface area contributed by atoms with Gasteiger partial charge in [0, 0.05) is 30.4 Å². The molecule has 0 heterocycles. The van der Waals surface area contributed by atoms with Crippen molar-refractivity contribution >= 4 is 11.5 Å². The Kier molecular flexibility index (Phi) is 4.42. The molecule has 5 heteroatoms. The van der Waals surface area contributed by atoms with E-state index in [2.05, 4.69) is 5.16 Å². The van der Waals surface area contributed by atoms with Gasteiger partial charge in [-0.2, -0.15) is 0 Å². The van der Waals surface area contributed by atoms with Crippen LogP contribution in [0.4, 0.5) is 10.1 Å². The van der Waals surface area contributed by atoms with Crippen LogP contribution in [0.3, 0.4) is 0 Å². The molecular weight excluding hydrogens is 269 g/mol. The maximum Gasteiger partial charge on any atom is 0.170 e. The molecule has 0 aliphatic carbocycles. The van der Waals surface area contributed by atoms with Crippen molar-refractivity contribution in [3.63, 3.8) is 0 Å². The van der Waals surface area contributed by atoms with E-state index in [-0.39, 0.29) is 11.7 Å². The van der Waals surface area contributed by atoms with E-state index in [9.17, 15) is 4.39 Å². The third-order valence-corrected chi connectivity index (χ3v) is 3.40. The number of nitrogens with zero attached hydrogens (tertiary/aromatic N) is 2. The molecule has 0 spiro atoms. The van der Waals surface area contributed by atoms with Gasteiger partial charge in [-0.15, -0.1) is 0 Å². The Labute approximate surface area is 123 Å². The van der Waals surface area contributed by atoms with Crippen LogP contribution in [0.5, 0.6) is 0 Å². The molecule has 110 valence electrons. The van der Waals surface area contributed by atoms with E-state index < -0.39 is 0 Å². The highest BCUT2D eigenvalue weighted by molar-refractivity contribution is 5.98. The van der Waals surface area contributed by atoms with Gasteiger partial charge < -0.3 is 15.8 Å². The number of amidine groups is 1. The quantitative estimate of drug-likeness (QED) is 0.393. The molecule has 0 radical (unpaired) electrons. The van der Waals surface area contributed by atoms with E-state index >= 15 is 0 Å². The van der Waals surface area contributed by atoms with Gasteiger partial charge >= 0.3 is 0 Å². The minimum Gasteiger partial charge on any atom is -0.409 e. The summed E-state index contributed by atoms with van der Waals surface area (Å²) in [6.45, 7) is 2.35. The lowest BCUT2D eigenvalue weighted by atomic mass is 10.1. The first-order chi connectivity index (χ1) is 10.0. The van der Waals surface area contributed by atoms with Crippen LogP contribution in [0, 0.1) is 12.7 Å². The summed E-state index contributed by atoms with van der Waals surface area (Å²) < 4.78 is 13.7. The zero-order valence-electron chi connectivity index (χ0n) is 12.0. The highest BCUT2D eigenvalue weighted by Gasteiger charge is 2.09. The van der Waals surface area contributed by atoms with Gasteiger partial charge in [-0.05, 0) is 36.8 Å². The maximum absolute atomic E-state index is 13.7. The molecule has 2 aromatic rings. The van der Waals surface area contributed by atoms with Crippen molar-refractivity contribution in [1.82, 2.24) is 0 Å². The molecule has 3 N–H and O–H groups in total. The minimum atomic E-state index is -0.214. The monoisotopic (exact) mass is 287 g/mol. The van der Waals surface area contributed by atoms with Crippen molar-refractivity contribution < 1.29 is 9.60 Å². The van der Waals surface area contributed by atoms with Crippen molar-refractivity contribution in [1.29, 1.82) is 0 Å². The van der Waals surface area contributed by atoms with E-state index in [1.807, 2.05) is 37.1 Å². The minimum absolute atomic E-state index is 0.0795. The standard InChI is InChI=1S/C16H18FN3O/c1-11-9-13(7-8-14(11)16(18)19-21)20(2)10-12-5-3-4-6-15(12)17/h3-9,21H,10H2,1-2H3,(H2,18,19). The zero-order valence-corrected chi connectivity index (χ0v) is 12.0. The van der Waals surface area contributed by atoms with Crippen LogP contribution in [0.15, 0.2) is 47.6 Å². The molecule has 0 aliphatic rings. The van der Waals surface area contributed by atoms with Crippen molar-refractivity contribution in [2.75, 3.05) is 11.9 Å². The summed E-state index contributed by atoms with van der Waals surface area (Å²) in [7, 11) is 1.89. The lowest BCUT2D eigenvalue weighted by Gasteiger charge is -2.21. The first kappa shape index (κ1) is 14.8. The SMILES string of the molecule is Cc1cc(N(C)Cc2ccccc2F)ccc1/C(N)=N/O. The topological polar surface area (TPSA) is 61.8 Å². The van der Waals surface area contributed by atoms with Crippen molar-refractivity contribution in [2.24, 2.45) is 10.9 Å². The molecule has 0 unspecified atom stereocenters. The van der Waals surface area contributed by atoms with Crippen LogP contribution in [0.25, 0.3) is 0 Å². The van der Waals surface area contributed by atoms with E-state index in [1.54, 1.807) is 18.2 Å². The summed E-state index contributed by atoms with van der Waals surface area (Å²) in [5, 5.41) is 11.7. The Morgan fingerprint density at radius 1 is 1.29 bits per heavy atom. The number of hydrogen-bond donors (Lipinski definition) is 2. The molecule has 0 atom stereocenters. The Balaban J connectivity index is 2.22. The van der Waals surface area contributed by atoms with Gasteiger partial charge in [-0.3, -0.25) is 0 Å². The van der Waals surface area contributed by atoms with Gasteiger partial charge in [-0.1, -0.05) is 23.4 Å². The summed E-state index contributed by atoms with van der Waals surface area (Å²) >= 11 is 0. The normalized spacial score (nSPS) is 11.5. The van der Waals surface area contributed by atoms with Crippen LogP contribution >= 0.6 is 0 Å². The highest BCUT2D eigenvalue weighted by atomic mass is 19.1. The van der Waals surface area contributed by atoms with Gasteiger partial charge in [0.15, 0.2) is 5.84 Å². The summed E-state index contributed by atoms with van der Waals surface area (Å²) in [6.07, 6.45) is 0. The summed E-state index contributed by atoms with van der Waals surface area (Å²) in [5.41, 5.74) is 8.75. The second-order valence-electron chi connectivity index (χ2n) is 4.93. The number of aryl methyl sites for hydroxylation is 1. The number of benzene rings is 2.